The third-order valence-corrected chi connectivity index (χ3v) is 11.1. The lowest BCUT2D eigenvalue weighted by Crippen LogP contribution is -2.16. The van der Waals surface area contributed by atoms with Gasteiger partial charge in [0.05, 0.1) is 28.1 Å². The van der Waals surface area contributed by atoms with E-state index in [1.54, 1.807) is 6.07 Å². The quantitative estimate of drug-likeness (QED) is 0.184. The minimum absolute atomic E-state index is 0.0429. The molecule has 9 aromatic rings. The highest BCUT2D eigenvalue weighted by Crippen LogP contribution is 2.42. The number of phenols is 1. The highest BCUT2D eigenvalue weighted by molar-refractivity contribution is 6.16. The molecule has 0 aliphatic heterocycles. The summed E-state index contributed by atoms with van der Waals surface area (Å²) >= 11 is 0. The Bertz CT molecular complexity index is 2950. The molecule has 5 nitrogen and oxygen atoms in total. The molecule has 284 valence electrons. The van der Waals surface area contributed by atoms with E-state index < -0.39 is 0 Å². The monoisotopic (exact) mass is 754 g/mol. The van der Waals surface area contributed by atoms with Gasteiger partial charge >= 0.3 is 0 Å². The molecule has 1 N–H and O–H groups in total. The molecule has 0 aliphatic rings. The maximum Gasteiger partial charge on any atom is 0.137 e. The number of benzene rings is 5. The van der Waals surface area contributed by atoms with Crippen molar-refractivity contribution in [3.63, 3.8) is 0 Å². The van der Waals surface area contributed by atoms with Crippen LogP contribution in [-0.4, -0.2) is 24.6 Å². The normalized spacial score (nSPS) is 12.0. The second-order valence-corrected chi connectivity index (χ2v) is 17.2. The highest BCUT2D eigenvalue weighted by Gasteiger charge is 2.23. The zero-order chi connectivity index (χ0) is 40.2. The van der Waals surface area contributed by atoms with Crippen LogP contribution in [0.4, 0.5) is 0 Å². The first-order valence-electron chi connectivity index (χ1n) is 19.9. The molecular formula is C53H46N4O. The van der Waals surface area contributed by atoms with Crippen molar-refractivity contribution in [3.8, 4) is 67.6 Å². The fraction of sp³-hybridized carbons (Fsp3) is 0.151. The number of rotatable bonds is 6. The van der Waals surface area contributed by atoms with Crippen molar-refractivity contribution in [2.75, 3.05) is 0 Å². The van der Waals surface area contributed by atoms with Crippen LogP contribution < -0.4 is 0 Å². The number of hydrogen-bond donors (Lipinski definition) is 1. The first-order chi connectivity index (χ1) is 27.9. The molecule has 9 rings (SSSR count). The predicted octanol–water partition coefficient (Wildman–Crippen LogP) is 13.6. The second-order valence-electron chi connectivity index (χ2n) is 17.2. The largest absolute Gasteiger partial charge is 0.507 e. The van der Waals surface area contributed by atoms with Gasteiger partial charge in [-0.05, 0) is 99.3 Å². The van der Waals surface area contributed by atoms with E-state index in [0.29, 0.717) is 11.3 Å². The van der Waals surface area contributed by atoms with E-state index in [1.807, 2.05) is 48.8 Å². The first-order valence-corrected chi connectivity index (χ1v) is 19.9. The summed E-state index contributed by atoms with van der Waals surface area (Å²) < 4.78 is 2.24. The molecule has 0 radical (unpaired) electrons. The third-order valence-electron chi connectivity index (χ3n) is 11.1. The maximum atomic E-state index is 11.1. The van der Waals surface area contributed by atoms with Crippen molar-refractivity contribution in [1.29, 1.82) is 0 Å². The number of nitrogens with zero attached hydrogens (tertiary/aromatic N) is 4. The van der Waals surface area contributed by atoms with Crippen LogP contribution in [0.3, 0.4) is 0 Å². The molecule has 0 unspecified atom stereocenters. The Balaban J connectivity index is 1.23. The molecule has 58 heavy (non-hydrogen) atoms. The molecule has 0 aliphatic carbocycles. The number of pyridine rings is 3. The van der Waals surface area contributed by atoms with E-state index in [0.717, 1.165) is 72.4 Å². The topological polar surface area (TPSA) is 63.8 Å². The van der Waals surface area contributed by atoms with Crippen molar-refractivity contribution in [3.05, 3.63) is 175 Å². The van der Waals surface area contributed by atoms with E-state index in [9.17, 15) is 5.11 Å². The summed E-state index contributed by atoms with van der Waals surface area (Å²) in [5, 5.41) is 13.4. The van der Waals surface area contributed by atoms with Crippen LogP contribution >= 0.6 is 0 Å². The number of aromatic nitrogens is 4. The number of phenolic OH excluding ortho intramolecular Hbond substituents is 1. The van der Waals surface area contributed by atoms with Gasteiger partial charge in [0.1, 0.15) is 11.6 Å². The van der Waals surface area contributed by atoms with Crippen molar-refractivity contribution in [1.82, 2.24) is 19.5 Å². The van der Waals surface area contributed by atoms with Crippen LogP contribution in [0.1, 0.15) is 52.7 Å². The van der Waals surface area contributed by atoms with Gasteiger partial charge in [0.15, 0.2) is 0 Å². The standard InChI is InChI=1S/C53H46N4O/c1-52(2,3)38-29-36(30-39(33-38)53(4,5)6)37-31-44(56-45(32-37)42-18-8-10-24-48(42)58)34-16-13-17-35(28-34)51-41(21-15-27-55-51)40-20-14-23-47-50(40)43-19-7-9-22-46(43)57(47)49-25-11-12-26-54-49/h7-33,58H,1-6H3. The van der Waals surface area contributed by atoms with E-state index >= 15 is 0 Å². The average molecular weight is 755 g/mol. The minimum Gasteiger partial charge on any atom is -0.507 e. The molecule has 0 saturated heterocycles. The first kappa shape index (κ1) is 36.8. The Labute approximate surface area is 340 Å². The average Bonchev–Trinajstić information content (AvgIpc) is 3.58. The Morgan fingerprint density at radius 2 is 1.09 bits per heavy atom. The molecule has 0 saturated carbocycles. The number of fused-ring (bicyclic) bond motifs is 3. The van der Waals surface area contributed by atoms with Gasteiger partial charge in [0.25, 0.3) is 0 Å². The summed E-state index contributed by atoms with van der Waals surface area (Å²) in [6.07, 6.45) is 3.71. The molecule has 5 aromatic carbocycles. The van der Waals surface area contributed by atoms with Crippen LogP contribution in [0.5, 0.6) is 5.75 Å². The van der Waals surface area contributed by atoms with E-state index in [4.69, 9.17) is 15.0 Å². The van der Waals surface area contributed by atoms with Crippen molar-refractivity contribution < 1.29 is 5.11 Å². The van der Waals surface area contributed by atoms with Gasteiger partial charge in [-0.25, -0.2) is 9.97 Å². The summed E-state index contributed by atoms with van der Waals surface area (Å²) in [6.45, 7) is 13.6. The number of aromatic hydroxyl groups is 1. The Kier molecular flexibility index (Phi) is 9.04. The summed E-state index contributed by atoms with van der Waals surface area (Å²) in [4.78, 5) is 15.0. The number of para-hydroxylation sites is 2. The van der Waals surface area contributed by atoms with Gasteiger partial charge in [-0.1, -0.05) is 133 Å². The van der Waals surface area contributed by atoms with Crippen molar-refractivity contribution in [2.45, 2.75) is 52.4 Å². The lowest BCUT2D eigenvalue weighted by atomic mass is 9.79. The molecule has 0 bridgehead atoms. The molecule has 0 amide bonds. The SMILES string of the molecule is CC(C)(C)c1cc(-c2cc(-c3cccc(-c4ncccc4-c4cccc5c4c4ccccc4n5-c4ccccn4)c3)nc(-c3ccccc3O)c2)cc(C(C)(C)C)c1. The molecule has 0 fully saturated rings. The summed E-state index contributed by atoms with van der Waals surface area (Å²) in [5.74, 6) is 1.07. The third kappa shape index (κ3) is 6.73. The van der Waals surface area contributed by atoms with E-state index in [1.165, 1.54) is 11.1 Å². The summed E-state index contributed by atoms with van der Waals surface area (Å²) in [6, 6.07) is 52.5. The fourth-order valence-corrected chi connectivity index (χ4v) is 7.99. The van der Waals surface area contributed by atoms with Gasteiger partial charge in [-0.15, -0.1) is 0 Å². The van der Waals surface area contributed by atoms with Crippen LogP contribution in [-0.2, 0) is 10.8 Å². The zero-order valence-electron chi connectivity index (χ0n) is 33.8. The van der Waals surface area contributed by atoms with Crippen LogP contribution in [0.2, 0.25) is 0 Å². The molecule has 4 heterocycles. The van der Waals surface area contributed by atoms with Crippen molar-refractivity contribution in [2.24, 2.45) is 0 Å². The molecule has 0 spiro atoms. The minimum atomic E-state index is -0.0429. The molecule has 0 atom stereocenters. The number of hydrogen-bond acceptors (Lipinski definition) is 4. The molecule has 4 aromatic heterocycles. The lowest BCUT2D eigenvalue weighted by molar-refractivity contribution is 0.477. The smallest absolute Gasteiger partial charge is 0.137 e. The highest BCUT2D eigenvalue weighted by atomic mass is 16.3. The predicted molar refractivity (Wildman–Crippen MR) is 240 cm³/mol. The van der Waals surface area contributed by atoms with Crippen LogP contribution in [0.25, 0.3) is 83.6 Å². The fourth-order valence-electron chi connectivity index (χ4n) is 7.99. The van der Waals surface area contributed by atoms with Gasteiger partial charge in [-0.2, -0.15) is 0 Å². The Morgan fingerprint density at radius 1 is 0.466 bits per heavy atom. The van der Waals surface area contributed by atoms with Gasteiger partial charge in [0, 0.05) is 45.4 Å². The molecule has 5 heteroatoms. The Hall–Kier alpha value is -6.85. The van der Waals surface area contributed by atoms with Gasteiger partial charge in [0.2, 0.25) is 0 Å². The lowest BCUT2D eigenvalue weighted by Gasteiger charge is -2.26. The van der Waals surface area contributed by atoms with E-state index in [2.05, 4.69) is 155 Å². The zero-order valence-corrected chi connectivity index (χ0v) is 33.8. The van der Waals surface area contributed by atoms with Crippen LogP contribution in [0, 0.1) is 0 Å². The van der Waals surface area contributed by atoms with Gasteiger partial charge in [-0.3, -0.25) is 9.55 Å². The maximum absolute atomic E-state index is 11.1. The van der Waals surface area contributed by atoms with Gasteiger partial charge < -0.3 is 5.11 Å². The van der Waals surface area contributed by atoms with Crippen molar-refractivity contribution >= 4 is 21.8 Å². The second kappa shape index (κ2) is 14.3. The van der Waals surface area contributed by atoms with E-state index in [-0.39, 0.29) is 16.6 Å². The van der Waals surface area contributed by atoms with Crippen LogP contribution in [0.15, 0.2) is 164 Å². The summed E-state index contributed by atoms with van der Waals surface area (Å²) in [5.41, 5.74) is 14.0. The molecular weight excluding hydrogens is 709 g/mol. The summed E-state index contributed by atoms with van der Waals surface area (Å²) in [7, 11) is 0. The Morgan fingerprint density at radius 3 is 1.84 bits per heavy atom.